The van der Waals surface area contributed by atoms with Gasteiger partial charge >= 0.3 is 11.9 Å². The average molecular weight is 467 g/mol. The zero-order valence-electron chi connectivity index (χ0n) is 19.6. The van der Waals surface area contributed by atoms with Crippen molar-refractivity contribution in [2.45, 2.75) is 45.4 Å². The summed E-state index contributed by atoms with van der Waals surface area (Å²) in [6.45, 7) is 6.69. The minimum atomic E-state index is -0.995. The SMILES string of the molecule is CCCCCCCC(=O)OCCOCCOCCOCCOCCOCCOCC(=O)O. The first kappa shape index (κ1) is 30.7. The topological polar surface area (TPSA) is 119 Å². The highest BCUT2D eigenvalue weighted by atomic mass is 16.6. The van der Waals surface area contributed by atoms with Crippen molar-refractivity contribution in [3.8, 4) is 0 Å². The molecule has 0 atom stereocenters. The number of carboxylic acids is 1. The van der Waals surface area contributed by atoms with Gasteiger partial charge in [0.2, 0.25) is 0 Å². The van der Waals surface area contributed by atoms with Crippen LogP contribution < -0.4 is 0 Å². The van der Waals surface area contributed by atoms with Crippen molar-refractivity contribution in [2.24, 2.45) is 0 Å². The molecular formula is C22H42O10. The van der Waals surface area contributed by atoms with Crippen LogP contribution in [0, 0.1) is 0 Å². The Morgan fingerprint density at radius 2 is 0.969 bits per heavy atom. The lowest BCUT2D eigenvalue weighted by Gasteiger charge is -2.08. The van der Waals surface area contributed by atoms with Gasteiger partial charge in [0.15, 0.2) is 0 Å². The molecule has 0 spiro atoms. The van der Waals surface area contributed by atoms with Crippen LogP contribution in [-0.4, -0.2) is 103 Å². The largest absolute Gasteiger partial charge is 0.480 e. The molecule has 0 saturated heterocycles. The van der Waals surface area contributed by atoms with E-state index in [9.17, 15) is 9.59 Å². The molecule has 10 heteroatoms. The highest BCUT2D eigenvalue weighted by molar-refractivity contribution is 5.69. The van der Waals surface area contributed by atoms with Gasteiger partial charge in [0.25, 0.3) is 0 Å². The standard InChI is InChI=1S/C22H42O10/c1-2-3-4-5-6-7-22(25)32-19-18-30-15-14-28-11-10-26-8-9-27-12-13-29-16-17-31-20-21(23)24/h2-20H2,1H3,(H,23,24). The van der Waals surface area contributed by atoms with Crippen LogP contribution in [-0.2, 0) is 42.7 Å². The molecule has 0 aliphatic rings. The number of carboxylic acid groups (broad SMARTS) is 1. The molecule has 0 aromatic rings. The summed E-state index contributed by atoms with van der Waals surface area (Å²) < 4.78 is 36.6. The fourth-order valence-corrected chi connectivity index (χ4v) is 2.42. The normalized spacial score (nSPS) is 11.0. The highest BCUT2D eigenvalue weighted by Crippen LogP contribution is 2.05. The van der Waals surface area contributed by atoms with Crippen molar-refractivity contribution < 1.29 is 47.9 Å². The van der Waals surface area contributed by atoms with Gasteiger partial charge in [0.05, 0.1) is 72.7 Å². The number of ether oxygens (including phenoxy) is 7. The fourth-order valence-electron chi connectivity index (χ4n) is 2.42. The van der Waals surface area contributed by atoms with Crippen molar-refractivity contribution in [2.75, 3.05) is 85.9 Å². The van der Waals surface area contributed by atoms with E-state index in [0.717, 1.165) is 12.8 Å². The molecule has 0 unspecified atom stereocenters. The zero-order chi connectivity index (χ0) is 23.5. The summed E-state index contributed by atoms with van der Waals surface area (Å²) in [5.74, 6) is -1.15. The van der Waals surface area contributed by atoms with Gasteiger partial charge in [-0.15, -0.1) is 0 Å². The van der Waals surface area contributed by atoms with E-state index in [1.54, 1.807) is 0 Å². The van der Waals surface area contributed by atoms with Crippen LogP contribution in [0.25, 0.3) is 0 Å². The van der Waals surface area contributed by atoms with Crippen LogP contribution in [0.3, 0.4) is 0 Å². The van der Waals surface area contributed by atoms with Crippen molar-refractivity contribution in [3.05, 3.63) is 0 Å². The maximum absolute atomic E-state index is 11.5. The minimum Gasteiger partial charge on any atom is -0.480 e. The number of esters is 1. The van der Waals surface area contributed by atoms with E-state index in [4.69, 9.17) is 38.3 Å². The van der Waals surface area contributed by atoms with Crippen LogP contribution in [0.15, 0.2) is 0 Å². The second kappa shape index (κ2) is 26.0. The lowest BCUT2D eigenvalue weighted by molar-refractivity contribution is -0.145. The number of carbonyl (C=O) groups excluding carboxylic acids is 1. The quantitative estimate of drug-likeness (QED) is 0.150. The smallest absolute Gasteiger partial charge is 0.329 e. The molecule has 0 fully saturated rings. The monoisotopic (exact) mass is 466 g/mol. The Bertz CT molecular complexity index is 420. The Balaban J connectivity index is 3.10. The number of hydrogen-bond donors (Lipinski definition) is 1. The Morgan fingerprint density at radius 1 is 0.562 bits per heavy atom. The molecule has 0 radical (unpaired) electrons. The summed E-state index contributed by atoms with van der Waals surface area (Å²) in [4.78, 5) is 21.7. The molecule has 0 aromatic carbocycles. The molecule has 0 aliphatic carbocycles. The van der Waals surface area contributed by atoms with Gasteiger partial charge in [-0.05, 0) is 6.42 Å². The Morgan fingerprint density at radius 3 is 1.41 bits per heavy atom. The van der Waals surface area contributed by atoms with E-state index < -0.39 is 5.97 Å². The van der Waals surface area contributed by atoms with Crippen molar-refractivity contribution in [3.63, 3.8) is 0 Å². The Hall–Kier alpha value is -1.30. The molecule has 0 aromatic heterocycles. The summed E-state index contributed by atoms with van der Waals surface area (Å²) in [5.41, 5.74) is 0. The summed E-state index contributed by atoms with van der Waals surface area (Å²) >= 11 is 0. The number of carbonyl (C=O) groups is 2. The van der Waals surface area contributed by atoms with E-state index in [1.165, 1.54) is 19.3 Å². The number of unbranched alkanes of at least 4 members (excludes halogenated alkanes) is 4. The van der Waals surface area contributed by atoms with E-state index in [2.05, 4.69) is 6.92 Å². The van der Waals surface area contributed by atoms with Gasteiger partial charge in [0.1, 0.15) is 13.2 Å². The van der Waals surface area contributed by atoms with Crippen LogP contribution in [0.4, 0.5) is 0 Å². The van der Waals surface area contributed by atoms with Gasteiger partial charge in [0, 0.05) is 6.42 Å². The molecule has 32 heavy (non-hydrogen) atoms. The molecule has 0 bridgehead atoms. The molecule has 0 amide bonds. The first-order chi connectivity index (χ1) is 15.7. The third kappa shape index (κ3) is 26.7. The van der Waals surface area contributed by atoms with E-state index >= 15 is 0 Å². The van der Waals surface area contributed by atoms with E-state index in [-0.39, 0.29) is 25.8 Å². The van der Waals surface area contributed by atoms with Gasteiger partial charge in [-0.1, -0.05) is 32.6 Å². The third-order valence-electron chi connectivity index (χ3n) is 4.06. The lowest BCUT2D eigenvalue weighted by atomic mass is 10.1. The van der Waals surface area contributed by atoms with Crippen molar-refractivity contribution in [1.82, 2.24) is 0 Å². The first-order valence-electron chi connectivity index (χ1n) is 11.5. The first-order valence-corrected chi connectivity index (χ1v) is 11.5. The van der Waals surface area contributed by atoms with Crippen molar-refractivity contribution in [1.29, 1.82) is 0 Å². The summed E-state index contributed by atoms with van der Waals surface area (Å²) in [6, 6.07) is 0. The van der Waals surface area contributed by atoms with Crippen LogP contribution >= 0.6 is 0 Å². The molecular weight excluding hydrogens is 424 g/mol. The molecule has 0 heterocycles. The summed E-state index contributed by atoms with van der Waals surface area (Å²) in [7, 11) is 0. The van der Waals surface area contributed by atoms with Gasteiger partial charge in [-0.25, -0.2) is 4.79 Å². The molecule has 0 aliphatic heterocycles. The maximum Gasteiger partial charge on any atom is 0.329 e. The molecule has 10 nitrogen and oxygen atoms in total. The summed E-state index contributed by atoms with van der Waals surface area (Å²) in [5, 5.41) is 8.38. The average Bonchev–Trinajstić information content (AvgIpc) is 2.77. The van der Waals surface area contributed by atoms with Gasteiger partial charge < -0.3 is 38.3 Å². The lowest BCUT2D eigenvalue weighted by Crippen LogP contribution is -2.15. The van der Waals surface area contributed by atoms with E-state index in [0.29, 0.717) is 72.5 Å². The Kier molecular flexibility index (Phi) is 24.9. The van der Waals surface area contributed by atoms with Gasteiger partial charge in [-0.3, -0.25) is 4.79 Å². The third-order valence-corrected chi connectivity index (χ3v) is 4.06. The fraction of sp³-hybridized carbons (Fsp3) is 0.909. The number of aliphatic carboxylic acids is 1. The van der Waals surface area contributed by atoms with Crippen LogP contribution in [0.5, 0.6) is 0 Å². The predicted octanol–water partition coefficient (Wildman–Crippen LogP) is 2.07. The minimum absolute atomic E-state index is 0.155. The second-order valence-corrected chi connectivity index (χ2v) is 6.89. The molecule has 1 N–H and O–H groups in total. The zero-order valence-corrected chi connectivity index (χ0v) is 19.6. The highest BCUT2D eigenvalue weighted by Gasteiger charge is 2.02. The molecule has 0 rings (SSSR count). The van der Waals surface area contributed by atoms with Crippen LogP contribution in [0.1, 0.15) is 45.4 Å². The predicted molar refractivity (Wildman–Crippen MR) is 117 cm³/mol. The Labute approximate surface area is 191 Å². The number of hydrogen-bond acceptors (Lipinski definition) is 9. The van der Waals surface area contributed by atoms with Gasteiger partial charge in [-0.2, -0.15) is 0 Å². The van der Waals surface area contributed by atoms with E-state index in [1.807, 2.05) is 0 Å². The van der Waals surface area contributed by atoms with Crippen molar-refractivity contribution >= 4 is 11.9 Å². The summed E-state index contributed by atoms with van der Waals surface area (Å²) in [6.07, 6.45) is 6.05. The second-order valence-electron chi connectivity index (χ2n) is 6.89. The van der Waals surface area contributed by atoms with Crippen LogP contribution in [0.2, 0.25) is 0 Å². The molecule has 190 valence electrons. The maximum atomic E-state index is 11.5. The molecule has 0 saturated carbocycles. The number of rotatable bonds is 26.